The Morgan fingerprint density at radius 2 is 2.33 bits per heavy atom. The summed E-state index contributed by atoms with van der Waals surface area (Å²) < 4.78 is 6.95. The van der Waals surface area contributed by atoms with Gasteiger partial charge in [0.15, 0.2) is 0 Å². The molecule has 1 aliphatic heterocycles. The lowest BCUT2D eigenvalue weighted by molar-refractivity contribution is 0.0151. The van der Waals surface area contributed by atoms with Crippen molar-refractivity contribution in [2.45, 2.75) is 12.6 Å². The van der Waals surface area contributed by atoms with Gasteiger partial charge in [-0.1, -0.05) is 0 Å². The Morgan fingerprint density at radius 3 is 3.00 bits per heavy atom. The number of nitrogens with zero attached hydrogens (tertiary/aromatic N) is 2. The molecule has 0 spiro atoms. The van der Waals surface area contributed by atoms with Crippen molar-refractivity contribution in [3.63, 3.8) is 0 Å². The van der Waals surface area contributed by atoms with E-state index in [0.717, 1.165) is 24.1 Å². The summed E-state index contributed by atoms with van der Waals surface area (Å²) in [6.07, 6.45) is 1.69. The van der Waals surface area contributed by atoms with Crippen LogP contribution < -0.4 is 10.5 Å². The van der Waals surface area contributed by atoms with Gasteiger partial charge in [-0.25, -0.2) is 0 Å². The zero-order valence-electron chi connectivity index (χ0n) is 11.2. The Bertz CT molecular complexity index is 655. The Kier molecular flexibility index (Phi) is 4.23. The number of likely N-dealkylation sites (tertiary alicyclic amines) is 1. The molecule has 1 fully saturated rings. The van der Waals surface area contributed by atoms with Crippen LogP contribution in [0.5, 0.6) is 5.75 Å². The zero-order chi connectivity index (χ0) is 14.8. The van der Waals surface area contributed by atoms with Crippen molar-refractivity contribution in [3.05, 3.63) is 44.8 Å². The van der Waals surface area contributed by atoms with Gasteiger partial charge < -0.3 is 10.5 Å². The number of thiophene rings is 1. The van der Waals surface area contributed by atoms with Crippen LogP contribution >= 0.6 is 27.3 Å². The molecule has 110 valence electrons. The lowest BCUT2D eigenvalue weighted by Gasteiger charge is -2.38. The first-order chi connectivity index (χ1) is 10.1. The Hall–Kier alpha value is -1.44. The van der Waals surface area contributed by atoms with E-state index in [4.69, 9.17) is 10.5 Å². The number of carbonyl (C=O) groups is 1. The van der Waals surface area contributed by atoms with Crippen LogP contribution in [0.2, 0.25) is 0 Å². The van der Waals surface area contributed by atoms with E-state index in [1.54, 1.807) is 23.5 Å². The van der Waals surface area contributed by atoms with Crippen molar-refractivity contribution in [3.8, 4) is 5.75 Å². The van der Waals surface area contributed by atoms with E-state index in [1.165, 1.54) is 11.1 Å². The van der Waals surface area contributed by atoms with Gasteiger partial charge >= 0.3 is 0 Å². The van der Waals surface area contributed by atoms with E-state index in [-0.39, 0.29) is 11.8 Å². The Labute approximate surface area is 134 Å². The predicted molar refractivity (Wildman–Crippen MR) is 84.5 cm³/mol. The highest BCUT2D eigenvalue weighted by Gasteiger charge is 2.28. The van der Waals surface area contributed by atoms with Gasteiger partial charge in [0, 0.05) is 46.6 Å². The molecule has 0 atom stereocenters. The summed E-state index contributed by atoms with van der Waals surface area (Å²) >= 11 is 5.21. The SMILES string of the molecule is NC(=O)c1cc(OC2CN(Cc3cc(Br)cs3)C2)ccn1. The van der Waals surface area contributed by atoms with Gasteiger partial charge in [-0.05, 0) is 28.1 Å². The molecule has 2 N–H and O–H groups in total. The van der Waals surface area contributed by atoms with E-state index in [9.17, 15) is 4.79 Å². The van der Waals surface area contributed by atoms with Crippen LogP contribution in [0.1, 0.15) is 15.4 Å². The number of amides is 1. The van der Waals surface area contributed by atoms with Crippen LogP contribution in [0.25, 0.3) is 0 Å². The lowest BCUT2D eigenvalue weighted by atomic mass is 10.1. The molecule has 0 aliphatic carbocycles. The summed E-state index contributed by atoms with van der Waals surface area (Å²) in [5.74, 6) is 0.0984. The van der Waals surface area contributed by atoms with Crippen LogP contribution in [-0.4, -0.2) is 35.0 Å². The smallest absolute Gasteiger partial charge is 0.267 e. The van der Waals surface area contributed by atoms with Gasteiger partial charge in [0.05, 0.1) is 0 Å². The third-order valence-electron chi connectivity index (χ3n) is 3.21. The van der Waals surface area contributed by atoms with Crippen molar-refractivity contribution < 1.29 is 9.53 Å². The van der Waals surface area contributed by atoms with Gasteiger partial charge in [-0.15, -0.1) is 11.3 Å². The van der Waals surface area contributed by atoms with E-state index in [1.807, 2.05) is 0 Å². The van der Waals surface area contributed by atoms with Gasteiger partial charge in [0.2, 0.25) is 0 Å². The van der Waals surface area contributed by atoms with Gasteiger partial charge in [-0.2, -0.15) is 0 Å². The second-order valence-electron chi connectivity index (χ2n) is 4.91. The molecular formula is C14H14BrN3O2S. The molecular weight excluding hydrogens is 354 g/mol. The molecule has 2 aromatic rings. The quantitative estimate of drug-likeness (QED) is 0.879. The minimum absolute atomic E-state index is 0.150. The summed E-state index contributed by atoms with van der Waals surface area (Å²) in [5, 5.41) is 2.09. The minimum Gasteiger partial charge on any atom is -0.488 e. The number of halogens is 1. The molecule has 5 nitrogen and oxygen atoms in total. The number of hydrogen-bond donors (Lipinski definition) is 1. The highest BCUT2D eigenvalue weighted by molar-refractivity contribution is 9.10. The molecule has 7 heteroatoms. The molecule has 1 aliphatic rings. The fraction of sp³-hybridized carbons (Fsp3) is 0.286. The van der Waals surface area contributed by atoms with Crippen LogP contribution in [0.15, 0.2) is 34.2 Å². The van der Waals surface area contributed by atoms with Crippen molar-refractivity contribution in [2.75, 3.05) is 13.1 Å². The standard InChI is InChI=1S/C14H14BrN3O2S/c15-9-3-12(21-8-9)7-18-5-11(6-18)20-10-1-2-17-13(4-10)14(16)19/h1-4,8,11H,5-7H2,(H2,16,19). The second-order valence-corrected chi connectivity index (χ2v) is 6.82. The number of carbonyl (C=O) groups excluding carboxylic acids is 1. The van der Waals surface area contributed by atoms with Crippen molar-refractivity contribution >= 4 is 33.2 Å². The van der Waals surface area contributed by atoms with Crippen LogP contribution in [0.3, 0.4) is 0 Å². The fourth-order valence-corrected chi connectivity index (χ4v) is 3.69. The molecule has 0 saturated carbocycles. The van der Waals surface area contributed by atoms with Gasteiger partial charge in [-0.3, -0.25) is 14.7 Å². The average molecular weight is 368 g/mol. The maximum atomic E-state index is 11.1. The first-order valence-corrected chi connectivity index (χ1v) is 8.15. The van der Waals surface area contributed by atoms with E-state index >= 15 is 0 Å². The summed E-state index contributed by atoms with van der Waals surface area (Å²) in [6, 6.07) is 5.47. The largest absolute Gasteiger partial charge is 0.488 e. The molecule has 0 aromatic carbocycles. The first-order valence-electron chi connectivity index (χ1n) is 6.48. The minimum atomic E-state index is -0.543. The molecule has 0 bridgehead atoms. The van der Waals surface area contributed by atoms with Crippen LogP contribution in [0.4, 0.5) is 0 Å². The molecule has 21 heavy (non-hydrogen) atoms. The molecule has 2 aromatic heterocycles. The average Bonchev–Trinajstić information content (AvgIpc) is 2.82. The maximum Gasteiger partial charge on any atom is 0.267 e. The third kappa shape index (κ3) is 3.61. The number of nitrogens with two attached hydrogens (primary N) is 1. The second kappa shape index (κ2) is 6.13. The topological polar surface area (TPSA) is 68.5 Å². The molecule has 1 saturated heterocycles. The van der Waals surface area contributed by atoms with Crippen molar-refractivity contribution in [1.29, 1.82) is 0 Å². The molecule has 3 rings (SSSR count). The van der Waals surface area contributed by atoms with E-state index < -0.39 is 5.91 Å². The van der Waals surface area contributed by atoms with E-state index in [0.29, 0.717) is 5.75 Å². The van der Waals surface area contributed by atoms with Gasteiger partial charge in [0.1, 0.15) is 17.5 Å². The number of primary amides is 1. The number of ether oxygens (including phenoxy) is 1. The lowest BCUT2D eigenvalue weighted by Crippen LogP contribution is -2.52. The van der Waals surface area contributed by atoms with Crippen LogP contribution in [-0.2, 0) is 6.54 Å². The number of rotatable bonds is 5. The van der Waals surface area contributed by atoms with E-state index in [2.05, 4.69) is 37.3 Å². The van der Waals surface area contributed by atoms with Crippen molar-refractivity contribution in [2.24, 2.45) is 5.73 Å². The highest BCUT2D eigenvalue weighted by atomic mass is 79.9. The molecule has 0 unspecified atom stereocenters. The first kappa shape index (κ1) is 14.5. The third-order valence-corrected chi connectivity index (χ3v) is 4.89. The zero-order valence-corrected chi connectivity index (χ0v) is 13.6. The predicted octanol–water partition coefficient (Wildman–Crippen LogP) is 2.27. The fourth-order valence-electron chi connectivity index (χ4n) is 2.19. The van der Waals surface area contributed by atoms with Crippen LogP contribution in [0, 0.1) is 0 Å². The maximum absolute atomic E-state index is 11.1. The van der Waals surface area contributed by atoms with Crippen molar-refractivity contribution in [1.82, 2.24) is 9.88 Å². The summed E-state index contributed by atoms with van der Waals surface area (Å²) in [6.45, 7) is 2.70. The number of pyridine rings is 1. The van der Waals surface area contributed by atoms with Gasteiger partial charge in [0.25, 0.3) is 5.91 Å². The summed E-state index contributed by atoms with van der Waals surface area (Å²) in [4.78, 5) is 18.6. The summed E-state index contributed by atoms with van der Waals surface area (Å²) in [7, 11) is 0. The number of aromatic nitrogens is 1. The Morgan fingerprint density at radius 1 is 1.52 bits per heavy atom. The number of hydrogen-bond acceptors (Lipinski definition) is 5. The molecule has 3 heterocycles. The Balaban J connectivity index is 1.50. The monoisotopic (exact) mass is 367 g/mol. The summed E-state index contributed by atoms with van der Waals surface area (Å²) in [5.41, 5.74) is 5.43. The normalized spacial score (nSPS) is 15.7. The highest BCUT2D eigenvalue weighted by Crippen LogP contribution is 2.24. The molecule has 0 radical (unpaired) electrons. The molecule has 1 amide bonds.